The van der Waals surface area contributed by atoms with E-state index in [0.29, 0.717) is 5.75 Å². The van der Waals surface area contributed by atoms with Crippen molar-refractivity contribution in [3.05, 3.63) is 35.7 Å². The first kappa shape index (κ1) is 18.8. The predicted molar refractivity (Wildman–Crippen MR) is 85.2 cm³/mol. The Morgan fingerprint density at radius 2 is 1.96 bits per heavy atom. The van der Waals surface area contributed by atoms with E-state index in [2.05, 4.69) is 15.4 Å². The summed E-state index contributed by atoms with van der Waals surface area (Å²) in [5.41, 5.74) is 0.944. The summed E-state index contributed by atoms with van der Waals surface area (Å²) in [4.78, 5) is 15.2. The van der Waals surface area contributed by atoms with Gasteiger partial charge >= 0.3 is 6.18 Å². The summed E-state index contributed by atoms with van der Waals surface area (Å²) in [6.07, 6.45) is -5.60. The molecular weight excluding hydrogens is 337 g/mol. The first-order valence-corrected chi connectivity index (χ1v) is 7.54. The molecule has 2 rings (SSSR count). The molecule has 0 bridgehead atoms. The van der Waals surface area contributed by atoms with Crippen molar-refractivity contribution in [3.8, 4) is 5.75 Å². The summed E-state index contributed by atoms with van der Waals surface area (Å²) in [5, 5.41) is 7.22. The van der Waals surface area contributed by atoms with Crippen molar-refractivity contribution in [2.45, 2.75) is 45.4 Å². The van der Waals surface area contributed by atoms with Gasteiger partial charge in [-0.3, -0.25) is 15.2 Å². The molecule has 0 fully saturated rings. The zero-order chi connectivity index (χ0) is 18.8. The van der Waals surface area contributed by atoms with Crippen LogP contribution in [0.25, 0.3) is 0 Å². The number of benzene rings is 1. The molecule has 25 heavy (non-hydrogen) atoms. The highest BCUT2D eigenvalue weighted by Gasteiger charge is 2.35. The second-order valence-corrected chi connectivity index (χ2v) is 6.53. The Morgan fingerprint density at radius 3 is 2.52 bits per heavy atom. The third-order valence-electron chi connectivity index (χ3n) is 3.37. The smallest absolute Gasteiger partial charge is 0.451 e. The monoisotopic (exact) mass is 356 g/mol. The van der Waals surface area contributed by atoms with Crippen molar-refractivity contribution in [2.75, 3.05) is 5.32 Å². The van der Waals surface area contributed by atoms with Crippen LogP contribution in [-0.2, 0) is 16.4 Å². The summed E-state index contributed by atoms with van der Waals surface area (Å²) in [6, 6.07) is 7.28. The van der Waals surface area contributed by atoms with Crippen LogP contribution in [-0.4, -0.2) is 27.2 Å². The lowest BCUT2D eigenvalue weighted by molar-refractivity contribution is -0.144. The highest BCUT2D eigenvalue weighted by Crippen LogP contribution is 2.27. The molecule has 0 radical (unpaired) electrons. The normalized spacial score (nSPS) is 13.4. The second kappa shape index (κ2) is 6.73. The van der Waals surface area contributed by atoms with Gasteiger partial charge in [0.25, 0.3) is 5.91 Å². The van der Waals surface area contributed by atoms with Crippen molar-refractivity contribution in [1.29, 1.82) is 0 Å². The number of halogens is 3. The largest absolute Gasteiger partial charge is 0.481 e. The van der Waals surface area contributed by atoms with Crippen molar-refractivity contribution in [2.24, 2.45) is 0 Å². The van der Waals surface area contributed by atoms with Crippen LogP contribution >= 0.6 is 0 Å². The Morgan fingerprint density at radius 1 is 1.28 bits per heavy atom. The highest BCUT2D eigenvalue weighted by atomic mass is 19.4. The van der Waals surface area contributed by atoms with Crippen LogP contribution in [0.5, 0.6) is 5.75 Å². The molecule has 1 atom stereocenters. The fourth-order valence-corrected chi connectivity index (χ4v) is 1.95. The number of carbonyl (C=O) groups is 1. The van der Waals surface area contributed by atoms with E-state index in [1.54, 1.807) is 11.2 Å². The Hall–Kier alpha value is -2.58. The molecule has 136 valence electrons. The SMILES string of the molecule is CC(Oc1cccc(C(C)(C)C)c1)C(=O)Nc1n[nH]c(C(F)(F)F)n1. The van der Waals surface area contributed by atoms with Crippen molar-refractivity contribution in [3.63, 3.8) is 0 Å². The Kier molecular flexibility index (Phi) is 5.05. The third-order valence-corrected chi connectivity index (χ3v) is 3.37. The maximum atomic E-state index is 12.4. The van der Waals surface area contributed by atoms with E-state index in [-0.39, 0.29) is 5.41 Å². The van der Waals surface area contributed by atoms with Crippen molar-refractivity contribution in [1.82, 2.24) is 15.2 Å². The Bertz CT molecular complexity index is 750. The molecule has 9 heteroatoms. The topological polar surface area (TPSA) is 79.9 Å². The van der Waals surface area contributed by atoms with Crippen LogP contribution in [0.1, 0.15) is 39.1 Å². The summed E-state index contributed by atoms with van der Waals surface area (Å²) >= 11 is 0. The molecule has 1 aromatic heterocycles. The molecule has 0 saturated heterocycles. The van der Waals surface area contributed by atoms with Gasteiger partial charge in [0.15, 0.2) is 6.10 Å². The molecule has 1 heterocycles. The highest BCUT2D eigenvalue weighted by molar-refractivity contribution is 5.92. The lowest BCUT2D eigenvalue weighted by Crippen LogP contribution is -2.30. The number of hydrogen-bond donors (Lipinski definition) is 2. The summed E-state index contributed by atoms with van der Waals surface area (Å²) in [6.45, 7) is 7.62. The van der Waals surface area contributed by atoms with Crippen LogP contribution in [0, 0.1) is 0 Å². The number of rotatable bonds is 4. The number of H-pyrrole nitrogens is 1. The number of nitrogens with one attached hydrogen (secondary N) is 2. The van der Waals surface area contributed by atoms with Gasteiger partial charge in [0.2, 0.25) is 11.8 Å². The molecule has 0 aliphatic carbocycles. The van der Waals surface area contributed by atoms with E-state index in [1.807, 2.05) is 39.0 Å². The Labute approximate surface area is 142 Å². The van der Waals surface area contributed by atoms with E-state index in [9.17, 15) is 18.0 Å². The van der Waals surface area contributed by atoms with Gasteiger partial charge in [-0.05, 0) is 30.0 Å². The molecule has 0 spiro atoms. The van der Waals surface area contributed by atoms with E-state index in [0.717, 1.165) is 5.56 Å². The van der Waals surface area contributed by atoms with Gasteiger partial charge in [-0.15, -0.1) is 5.10 Å². The first-order valence-electron chi connectivity index (χ1n) is 7.54. The van der Waals surface area contributed by atoms with Crippen LogP contribution in [0.3, 0.4) is 0 Å². The predicted octanol–water partition coefficient (Wildman–Crippen LogP) is 3.53. The number of nitrogens with zero attached hydrogens (tertiary/aromatic N) is 2. The molecule has 1 amide bonds. The van der Waals surface area contributed by atoms with Gasteiger partial charge in [0.1, 0.15) is 5.75 Å². The second-order valence-electron chi connectivity index (χ2n) is 6.53. The average molecular weight is 356 g/mol. The molecule has 1 unspecified atom stereocenters. The van der Waals surface area contributed by atoms with Gasteiger partial charge in [-0.2, -0.15) is 18.2 Å². The number of carbonyl (C=O) groups excluding carboxylic acids is 1. The third kappa shape index (κ3) is 4.94. The summed E-state index contributed by atoms with van der Waals surface area (Å²) in [7, 11) is 0. The minimum Gasteiger partial charge on any atom is -0.481 e. The standard InChI is InChI=1S/C16H19F3N4O2/c1-9(25-11-7-5-6-10(8-11)15(2,3)4)12(24)20-14-21-13(22-23-14)16(17,18)19/h5-9H,1-4H3,(H2,20,21,22,23,24). The van der Waals surface area contributed by atoms with E-state index in [4.69, 9.17) is 4.74 Å². The zero-order valence-electron chi connectivity index (χ0n) is 14.2. The summed E-state index contributed by atoms with van der Waals surface area (Å²) < 4.78 is 42.9. The van der Waals surface area contributed by atoms with Crippen LogP contribution in [0.15, 0.2) is 24.3 Å². The number of hydrogen-bond acceptors (Lipinski definition) is 4. The fraction of sp³-hybridized carbons (Fsp3) is 0.438. The van der Waals surface area contributed by atoms with Crippen molar-refractivity contribution >= 4 is 11.9 Å². The maximum Gasteiger partial charge on any atom is 0.451 e. The van der Waals surface area contributed by atoms with Gasteiger partial charge in [0, 0.05) is 0 Å². The molecule has 0 aliphatic rings. The fourth-order valence-electron chi connectivity index (χ4n) is 1.95. The van der Waals surface area contributed by atoms with Crippen molar-refractivity contribution < 1.29 is 22.7 Å². The molecule has 2 N–H and O–H groups in total. The number of alkyl halides is 3. The first-order chi connectivity index (χ1) is 11.5. The minimum absolute atomic E-state index is 0.0855. The molecule has 2 aromatic rings. The van der Waals surface area contributed by atoms with Crippen LogP contribution < -0.4 is 10.1 Å². The molecule has 6 nitrogen and oxygen atoms in total. The van der Waals surface area contributed by atoms with E-state index in [1.165, 1.54) is 6.92 Å². The van der Waals surface area contributed by atoms with Crippen LogP contribution in [0.2, 0.25) is 0 Å². The lowest BCUT2D eigenvalue weighted by atomic mass is 9.87. The zero-order valence-corrected chi connectivity index (χ0v) is 14.2. The van der Waals surface area contributed by atoms with Crippen LogP contribution in [0.4, 0.5) is 19.1 Å². The number of ether oxygens (including phenoxy) is 1. The number of anilines is 1. The maximum absolute atomic E-state index is 12.4. The Balaban J connectivity index is 2.02. The molecule has 0 aliphatic heterocycles. The molecular formula is C16H19F3N4O2. The van der Waals surface area contributed by atoms with Gasteiger partial charge in [-0.25, -0.2) is 0 Å². The summed E-state index contributed by atoms with van der Waals surface area (Å²) in [5.74, 6) is -1.92. The molecule has 1 aromatic carbocycles. The van der Waals surface area contributed by atoms with Gasteiger partial charge in [-0.1, -0.05) is 32.9 Å². The number of amides is 1. The number of aromatic nitrogens is 3. The quantitative estimate of drug-likeness (QED) is 0.878. The lowest BCUT2D eigenvalue weighted by Gasteiger charge is -2.20. The minimum atomic E-state index is -4.66. The number of aromatic amines is 1. The van der Waals surface area contributed by atoms with Gasteiger partial charge in [0.05, 0.1) is 0 Å². The van der Waals surface area contributed by atoms with E-state index < -0.39 is 30.0 Å². The molecule has 0 saturated carbocycles. The van der Waals surface area contributed by atoms with E-state index >= 15 is 0 Å². The van der Waals surface area contributed by atoms with Gasteiger partial charge < -0.3 is 4.74 Å². The average Bonchev–Trinajstić information content (AvgIpc) is 2.95.